The third-order valence-electron chi connectivity index (χ3n) is 2.59. The number of rotatable bonds is 2. The normalized spacial score (nSPS) is 12.4. The summed E-state index contributed by atoms with van der Waals surface area (Å²) in [6, 6.07) is 16.7. The van der Waals surface area contributed by atoms with Crippen molar-refractivity contribution in [2.24, 2.45) is 5.73 Å². The van der Waals surface area contributed by atoms with E-state index in [-0.39, 0.29) is 6.04 Å². The highest BCUT2D eigenvalue weighted by Crippen LogP contribution is 2.28. The van der Waals surface area contributed by atoms with Gasteiger partial charge in [-0.3, -0.25) is 0 Å². The molecular weight excluding hydrogens is 262 g/mol. The fourth-order valence-electron chi connectivity index (χ4n) is 1.70. The standard InChI is InChI=1S/C14H14BrN/c1-10(16)13-9-12(7-8-14(13)15)11-5-3-2-4-6-11/h2-10H,16H2,1H3. The van der Waals surface area contributed by atoms with Crippen LogP contribution in [-0.2, 0) is 0 Å². The van der Waals surface area contributed by atoms with Gasteiger partial charge in [-0.05, 0) is 35.7 Å². The first-order chi connectivity index (χ1) is 7.68. The lowest BCUT2D eigenvalue weighted by molar-refractivity contribution is 0.814. The fourth-order valence-corrected chi connectivity index (χ4v) is 2.31. The van der Waals surface area contributed by atoms with Gasteiger partial charge in [-0.25, -0.2) is 0 Å². The van der Waals surface area contributed by atoms with Crippen LogP contribution in [0.5, 0.6) is 0 Å². The summed E-state index contributed by atoms with van der Waals surface area (Å²) in [5.41, 5.74) is 9.50. The molecule has 0 radical (unpaired) electrons. The Hall–Kier alpha value is -1.12. The van der Waals surface area contributed by atoms with Crippen LogP contribution in [0.4, 0.5) is 0 Å². The quantitative estimate of drug-likeness (QED) is 0.876. The average Bonchev–Trinajstić information content (AvgIpc) is 2.30. The van der Waals surface area contributed by atoms with Crippen LogP contribution in [0.2, 0.25) is 0 Å². The van der Waals surface area contributed by atoms with Crippen LogP contribution in [0.3, 0.4) is 0 Å². The Kier molecular flexibility index (Phi) is 3.42. The minimum absolute atomic E-state index is 0.0398. The summed E-state index contributed by atoms with van der Waals surface area (Å²) in [6.45, 7) is 1.99. The van der Waals surface area contributed by atoms with Gasteiger partial charge in [0, 0.05) is 10.5 Å². The van der Waals surface area contributed by atoms with Gasteiger partial charge >= 0.3 is 0 Å². The monoisotopic (exact) mass is 275 g/mol. The van der Waals surface area contributed by atoms with Crippen LogP contribution in [0.15, 0.2) is 53.0 Å². The number of nitrogens with two attached hydrogens (primary N) is 1. The predicted molar refractivity (Wildman–Crippen MR) is 72.2 cm³/mol. The molecule has 16 heavy (non-hydrogen) atoms. The molecule has 0 aliphatic heterocycles. The van der Waals surface area contributed by atoms with E-state index < -0.39 is 0 Å². The Morgan fingerprint density at radius 2 is 1.69 bits per heavy atom. The van der Waals surface area contributed by atoms with Gasteiger partial charge in [-0.2, -0.15) is 0 Å². The van der Waals surface area contributed by atoms with Crippen molar-refractivity contribution in [3.63, 3.8) is 0 Å². The third kappa shape index (κ3) is 2.34. The zero-order valence-corrected chi connectivity index (χ0v) is 10.7. The molecule has 2 heteroatoms. The summed E-state index contributed by atoms with van der Waals surface area (Å²) in [5.74, 6) is 0. The first-order valence-electron chi connectivity index (χ1n) is 5.29. The minimum Gasteiger partial charge on any atom is -0.324 e. The highest BCUT2D eigenvalue weighted by molar-refractivity contribution is 9.10. The van der Waals surface area contributed by atoms with Gasteiger partial charge in [0.2, 0.25) is 0 Å². The topological polar surface area (TPSA) is 26.0 Å². The molecular formula is C14H14BrN. The Balaban J connectivity index is 2.48. The van der Waals surface area contributed by atoms with E-state index in [0.717, 1.165) is 10.0 Å². The second-order valence-corrected chi connectivity index (χ2v) is 4.75. The van der Waals surface area contributed by atoms with Gasteiger partial charge in [-0.1, -0.05) is 52.3 Å². The van der Waals surface area contributed by atoms with Crippen molar-refractivity contribution >= 4 is 15.9 Å². The van der Waals surface area contributed by atoms with E-state index in [0.29, 0.717) is 0 Å². The molecule has 0 aliphatic carbocycles. The van der Waals surface area contributed by atoms with Gasteiger partial charge in [0.25, 0.3) is 0 Å². The zero-order valence-electron chi connectivity index (χ0n) is 9.15. The summed E-state index contributed by atoms with van der Waals surface area (Å²) < 4.78 is 1.07. The minimum atomic E-state index is 0.0398. The Morgan fingerprint density at radius 1 is 1.00 bits per heavy atom. The molecule has 1 nitrogen and oxygen atoms in total. The van der Waals surface area contributed by atoms with E-state index in [1.54, 1.807) is 0 Å². The van der Waals surface area contributed by atoms with Gasteiger partial charge in [-0.15, -0.1) is 0 Å². The maximum Gasteiger partial charge on any atom is 0.0277 e. The van der Waals surface area contributed by atoms with E-state index >= 15 is 0 Å². The Bertz CT molecular complexity index is 477. The van der Waals surface area contributed by atoms with Crippen molar-refractivity contribution in [3.05, 3.63) is 58.6 Å². The largest absolute Gasteiger partial charge is 0.324 e. The van der Waals surface area contributed by atoms with Crippen LogP contribution >= 0.6 is 15.9 Å². The van der Waals surface area contributed by atoms with E-state index in [2.05, 4.69) is 46.3 Å². The SMILES string of the molecule is CC(N)c1cc(-c2ccccc2)ccc1Br. The van der Waals surface area contributed by atoms with Crippen molar-refractivity contribution < 1.29 is 0 Å². The van der Waals surface area contributed by atoms with E-state index in [9.17, 15) is 0 Å². The summed E-state index contributed by atoms with van der Waals surface area (Å²) in [6.07, 6.45) is 0. The molecule has 0 bridgehead atoms. The van der Waals surface area contributed by atoms with Gasteiger partial charge in [0.1, 0.15) is 0 Å². The molecule has 1 atom stereocenters. The molecule has 0 heterocycles. The lowest BCUT2D eigenvalue weighted by Gasteiger charge is -2.11. The smallest absolute Gasteiger partial charge is 0.0277 e. The zero-order chi connectivity index (χ0) is 11.5. The molecule has 0 saturated carbocycles. The van der Waals surface area contributed by atoms with Crippen LogP contribution < -0.4 is 5.73 Å². The Morgan fingerprint density at radius 3 is 2.31 bits per heavy atom. The molecule has 2 aromatic rings. The predicted octanol–water partition coefficient (Wildman–Crippen LogP) is 4.14. The van der Waals surface area contributed by atoms with Crippen LogP contribution in [-0.4, -0.2) is 0 Å². The van der Waals surface area contributed by atoms with Gasteiger partial charge in [0.15, 0.2) is 0 Å². The molecule has 2 N–H and O–H groups in total. The van der Waals surface area contributed by atoms with Crippen molar-refractivity contribution in [1.29, 1.82) is 0 Å². The first-order valence-corrected chi connectivity index (χ1v) is 6.08. The van der Waals surface area contributed by atoms with E-state index in [1.165, 1.54) is 11.1 Å². The Labute approximate surface area is 104 Å². The molecule has 0 aliphatic rings. The van der Waals surface area contributed by atoms with Crippen LogP contribution in [0, 0.1) is 0 Å². The average molecular weight is 276 g/mol. The first kappa shape index (κ1) is 11.4. The summed E-state index contributed by atoms with van der Waals surface area (Å²) >= 11 is 3.52. The molecule has 0 spiro atoms. The van der Waals surface area contributed by atoms with Crippen molar-refractivity contribution in [2.75, 3.05) is 0 Å². The number of halogens is 1. The van der Waals surface area contributed by atoms with Crippen molar-refractivity contribution in [3.8, 4) is 11.1 Å². The molecule has 2 rings (SSSR count). The van der Waals surface area contributed by atoms with E-state index in [4.69, 9.17) is 5.73 Å². The summed E-state index contributed by atoms with van der Waals surface area (Å²) in [7, 11) is 0. The second kappa shape index (κ2) is 4.81. The third-order valence-corrected chi connectivity index (χ3v) is 3.32. The van der Waals surface area contributed by atoms with E-state index in [1.807, 2.05) is 25.1 Å². The summed E-state index contributed by atoms with van der Waals surface area (Å²) in [5, 5.41) is 0. The van der Waals surface area contributed by atoms with Gasteiger partial charge < -0.3 is 5.73 Å². The van der Waals surface area contributed by atoms with Crippen LogP contribution in [0.1, 0.15) is 18.5 Å². The lowest BCUT2D eigenvalue weighted by Crippen LogP contribution is -2.05. The highest BCUT2D eigenvalue weighted by atomic mass is 79.9. The molecule has 0 fully saturated rings. The maximum atomic E-state index is 5.93. The molecule has 1 unspecified atom stereocenters. The maximum absolute atomic E-state index is 5.93. The molecule has 0 amide bonds. The highest BCUT2D eigenvalue weighted by Gasteiger charge is 2.06. The fraction of sp³-hybridized carbons (Fsp3) is 0.143. The second-order valence-electron chi connectivity index (χ2n) is 3.89. The van der Waals surface area contributed by atoms with Crippen molar-refractivity contribution in [1.82, 2.24) is 0 Å². The number of benzene rings is 2. The molecule has 82 valence electrons. The summed E-state index contributed by atoms with van der Waals surface area (Å²) in [4.78, 5) is 0. The van der Waals surface area contributed by atoms with Crippen LogP contribution in [0.25, 0.3) is 11.1 Å². The van der Waals surface area contributed by atoms with Gasteiger partial charge in [0.05, 0.1) is 0 Å². The number of hydrogen-bond acceptors (Lipinski definition) is 1. The van der Waals surface area contributed by atoms with Crippen molar-refractivity contribution in [2.45, 2.75) is 13.0 Å². The molecule has 0 aromatic heterocycles. The molecule has 0 saturated heterocycles. The lowest BCUT2D eigenvalue weighted by atomic mass is 10.0. The molecule has 2 aromatic carbocycles. The number of hydrogen-bond donors (Lipinski definition) is 1.